The Labute approximate surface area is 131 Å². The minimum atomic E-state index is -0.00907. The predicted molar refractivity (Wildman–Crippen MR) is 85.7 cm³/mol. The topological polar surface area (TPSA) is 47.7 Å². The Hall–Kier alpha value is -1.33. The number of nitrogens with zero attached hydrogens (tertiary/aromatic N) is 4. The van der Waals surface area contributed by atoms with Crippen LogP contribution < -0.4 is 5.32 Å². The minimum Gasteiger partial charge on any atom is -0.304 e. The summed E-state index contributed by atoms with van der Waals surface area (Å²) in [4.78, 5) is 0. The number of hydrogen-bond donors (Lipinski definition) is 1. The van der Waals surface area contributed by atoms with Crippen LogP contribution in [0.25, 0.3) is 0 Å². The first-order valence-electron chi connectivity index (χ1n) is 7.48. The first-order valence-corrected chi connectivity index (χ1v) is 7.86. The Morgan fingerprint density at radius 2 is 2.05 bits per heavy atom. The summed E-state index contributed by atoms with van der Waals surface area (Å²) in [5.41, 5.74) is 3.19. The SMILES string of the molecule is CCNC(c1cc(CC)nn1C)c1c(Cl)cnn1C(C)C. The van der Waals surface area contributed by atoms with Crippen molar-refractivity contribution in [3.05, 3.63) is 34.4 Å². The quantitative estimate of drug-likeness (QED) is 0.892. The average molecular weight is 310 g/mol. The van der Waals surface area contributed by atoms with E-state index in [-0.39, 0.29) is 12.1 Å². The highest BCUT2D eigenvalue weighted by molar-refractivity contribution is 6.31. The highest BCUT2D eigenvalue weighted by Gasteiger charge is 2.25. The van der Waals surface area contributed by atoms with Crippen molar-refractivity contribution in [1.29, 1.82) is 0 Å². The smallest absolute Gasteiger partial charge is 0.0934 e. The molecule has 1 N–H and O–H groups in total. The van der Waals surface area contributed by atoms with Crippen molar-refractivity contribution in [2.75, 3.05) is 6.54 Å². The van der Waals surface area contributed by atoms with Gasteiger partial charge in [-0.05, 0) is 32.9 Å². The van der Waals surface area contributed by atoms with Gasteiger partial charge in [0.05, 0.1) is 34.3 Å². The maximum absolute atomic E-state index is 6.41. The van der Waals surface area contributed by atoms with E-state index in [2.05, 4.69) is 49.3 Å². The molecular weight excluding hydrogens is 286 g/mol. The van der Waals surface area contributed by atoms with Gasteiger partial charge in [-0.2, -0.15) is 10.2 Å². The summed E-state index contributed by atoms with van der Waals surface area (Å²) in [7, 11) is 1.98. The Morgan fingerprint density at radius 1 is 1.33 bits per heavy atom. The van der Waals surface area contributed by atoms with E-state index < -0.39 is 0 Å². The first-order chi connectivity index (χ1) is 9.99. The zero-order valence-corrected chi connectivity index (χ0v) is 14.1. The number of halogens is 1. The van der Waals surface area contributed by atoms with Crippen molar-refractivity contribution in [1.82, 2.24) is 24.9 Å². The highest BCUT2D eigenvalue weighted by Crippen LogP contribution is 2.30. The molecule has 0 spiro atoms. The molecule has 2 rings (SSSR count). The van der Waals surface area contributed by atoms with E-state index in [1.165, 1.54) is 0 Å². The van der Waals surface area contributed by atoms with Gasteiger partial charge in [-0.1, -0.05) is 25.4 Å². The van der Waals surface area contributed by atoms with Crippen LogP contribution in [0.2, 0.25) is 5.02 Å². The molecule has 0 aliphatic carbocycles. The Balaban J connectivity index is 2.53. The van der Waals surface area contributed by atoms with Crippen molar-refractivity contribution in [3.63, 3.8) is 0 Å². The van der Waals surface area contributed by atoms with Gasteiger partial charge in [0.15, 0.2) is 0 Å². The van der Waals surface area contributed by atoms with Crippen LogP contribution in [0.4, 0.5) is 0 Å². The van der Waals surface area contributed by atoms with Crippen LogP contribution in [0.15, 0.2) is 12.3 Å². The van der Waals surface area contributed by atoms with Crippen LogP contribution in [-0.2, 0) is 13.5 Å². The fourth-order valence-electron chi connectivity index (χ4n) is 2.56. The molecule has 6 heteroatoms. The lowest BCUT2D eigenvalue weighted by Crippen LogP contribution is -2.27. The van der Waals surface area contributed by atoms with Gasteiger partial charge in [-0.15, -0.1) is 0 Å². The van der Waals surface area contributed by atoms with Crippen LogP contribution in [-0.4, -0.2) is 26.1 Å². The van der Waals surface area contributed by atoms with Crippen LogP contribution in [0.1, 0.15) is 56.9 Å². The van der Waals surface area contributed by atoms with Crippen molar-refractivity contribution in [3.8, 4) is 0 Å². The van der Waals surface area contributed by atoms with Gasteiger partial charge < -0.3 is 5.32 Å². The molecule has 0 saturated heterocycles. The molecule has 21 heavy (non-hydrogen) atoms. The summed E-state index contributed by atoms with van der Waals surface area (Å²) in [6.07, 6.45) is 2.64. The largest absolute Gasteiger partial charge is 0.304 e. The number of rotatable bonds is 6. The van der Waals surface area contributed by atoms with Crippen molar-refractivity contribution >= 4 is 11.6 Å². The van der Waals surface area contributed by atoms with E-state index in [9.17, 15) is 0 Å². The van der Waals surface area contributed by atoms with E-state index >= 15 is 0 Å². The fraction of sp³-hybridized carbons (Fsp3) is 0.600. The van der Waals surface area contributed by atoms with Crippen LogP contribution in [0.5, 0.6) is 0 Å². The van der Waals surface area contributed by atoms with E-state index in [0.717, 1.165) is 30.0 Å². The molecule has 0 fully saturated rings. The number of hydrogen-bond acceptors (Lipinski definition) is 3. The predicted octanol–water partition coefficient (Wildman–Crippen LogP) is 3.11. The average Bonchev–Trinajstić information content (AvgIpc) is 3.00. The number of aromatic nitrogens is 4. The number of aryl methyl sites for hydroxylation is 2. The van der Waals surface area contributed by atoms with Gasteiger partial charge in [-0.3, -0.25) is 9.36 Å². The van der Waals surface area contributed by atoms with Gasteiger partial charge in [-0.25, -0.2) is 0 Å². The Morgan fingerprint density at radius 3 is 2.57 bits per heavy atom. The standard InChI is InChI=1S/C15H24ClN5/c1-6-11-8-13(20(5)19-11)14(17-7-2)15-12(16)9-18-21(15)10(3)4/h8-10,14,17H,6-7H2,1-5H3. The molecule has 0 bridgehead atoms. The second-order valence-corrected chi connectivity index (χ2v) is 5.85. The van der Waals surface area contributed by atoms with Crippen molar-refractivity contribution in [2.45, 2.75) is 46.2 Å². The maximum atomic E-state index is 6.41. The minimum absolute atomic E-state index is 0.00907. The van der Waals surface area contributed by atoms with Gasteiger partial charge in [0.25, 0.3) is 0 Å². The van der Waals surface area contributed by atoms with Crippen LogP contribution in [0, 0.1) is 0 Å². The lowest BCUT2D eigenvalue weighted by atomic mass is 10.1. The second-order valence-electron chi connectivity index (χ2n) is 5.44. The van der Waals surface area contributed by atoms with E-state index in [1.807, 2.05) is 16.4 Å². The lowest BCUT2D eigenvalue weighted by Gasteiger charge is -2.22. The van der Waals surface area contributed by atoms with Gasteiger partial charge in [0.2, 0.25) is 0 Å². The van der Waals surface area contributed by atoms with E-state index in [0.29, 0.717) is 5.02 Å². The van der Waals surface area contributed by atoms with E-state index in [1.54, 1.807) is 6.20 Å². The molecule has 0 aromatic carbocycles. The molecule has 0 aliphatic rings. The zero-order chi connectivity index (χ0) is 15.6. The molecule has 0 radical (unpaired) electrons. The van der Waals surface area contributed by atoms with Gasteiger partial charge in [0.1, 0.15) is 0 Å². The normalized spacial score (nSPS) is 13.1. The van der Waals surface area contributed by atoms with Crippen LogP contribution in [0.3, 0.4) is 0 Å². The molecule has 0 saturated carbocycles. The molecule has 0 amide bonds. The summed E-state index contributed by atoms with van der Waals surface area (Å²) in [6, 6.07) is 2.39. The van der Waals surface area contributed by atoms with Crippen molar-refractivity contribution < 1.29 is 0 Å². The molecule has 1 unspecified atom stereocenters. The molecular formula is C15H24ClN5. The summed E-state index contributed by atoms with van der Waals surface area (Å²) < 4.78 is 3.91. The monoisotopic (exact) mass is 309 g/mol. The van der Waals surface area contributed by atoms with Gasteiger partial charge >= 0.3 is 0 Å². The van der Waals surface area contributed by atoms with Crippen LogP contribution >= 0.6 is 11.6 Å². The molecule has 2 aromatic heterocycles. The Kier molecular flexibility index (Phi) is 5.06. The summed E-state index contributed by atoms with van der Waals surface area (Å²) in [5, 5.41) is 13.2. The molecule has 2 heterocycles. The highest BCUT2D eigenvalue weighted by atomic mass is 35.5. The third-order valence-electron chi connectivity index (χ3n) is 3.58. The molecule has 1 atom stereocenters. The molecule has 2 aromatic rings. The zero-order valence-electron chi connectivity index (χ0n) is 13.4. The third-order valence-corrected chi connectivity index (χ3v) is 3.87. The molecule has 0 aliphatic heterocycles. The van der Waals surface area contributed by atoms with Crippen molar-refractivity contribution in [2.24, 2.45) is 7.05 Å². The lowest BCUT2D eigenvalue weighted by molar-refractivity contribution is 0.464. The summed E-state index contributed by atoms with van der Waals surface area (Å²) in [6.45, 7) is 9.26. The third kappa shape index (κ3) is 3.14. The molecule has 5 nitrogen and oxygen atoms in total. The Bertz CT molecular complexity index is 599. The van der Waals surface area contributed by atoms with Gasteiger partial charge in [0, 0.05) is 13.1 Å². The number of nitrogens with one attached hydrogen (secondary N) is 1. The maximum Gasteiger partial charge on any atom is 0.0934 e. The van der Waals surface area contributed by atoms with E-state index in [4.69, 9.17) is 11.6 Å². The fourth-order valence-corrected chi connectivity index (χ4v) is 2.80. The summed E-state index contributed by atoms with van der Waals surface area (Å²) in [5.74, 6) is 0. The first kappa shape index (κ1) is 16.0. The summed E-state index contributed by atoms with van der Waals surface area (Å²) >= 11 is 6.41. The molecule has 116 valence electrons. The second kappa shape index (κ2) is 6.62.